The van der Waals surface area contributed by atoms with Crippen molar-refractivity contribution in [2.75, 3.05) is 23.4 Å². The highest BCUT2D eigenvalue weighted by molar-refractivity contribution is 8.00. The molecule has 2 aliphatic heterocycles. The van der Waals surface area contributed by atoms with Gasteiger partial charge in [-0.2, -0.15) is 13.9 Å². The number of hydrogen-bond acceptors (Lipinski definition) is 13. The fraction of sp³-hybridized carbons (Fsp3) is 0.250. The number of carboxylic acids is 2. The number of fused-ring (bicyclic) bond motifs is 1. The number of nitrogen functional groups attached to an aromatic ring is 1. The van der Waals surface area contributed by atoms with Gasteiger partial charge in [0, 0.05) is 28.9 Å². The van der Waals surface area contributed by atoms with Gasteiger partial charge in [-0.3, -0.25) is 19.3 Å². The summed E-state index contributed by atoms with van der Waals surface area (Å²) in [5.41, 5.74) is 5.61. The molecule has 0 aliphatic carbocycles. The lowest BCUT2D eigenvalue weighted by Crippen LogP contribution is -2.71. The minimum atomic E-state index is -1.56. The number of pyridine rings is 1. The number of hydrogen-bond donors (Lipinski definition) is 4. The van der Waals surface area contributed by atoms with E-state index < -0.39 is 47.5 Å². The van der Waals surface area contributed by atoms with Crippen molar-refractivity contribution in [2.24, 2.45) is 5.16 Å². The molecule has 1 saturated heterocycles. The highest BCUT2D eigenvalue weighted by Crippen LogP contribution is 2.40. The van der Waals surface area contributed by atoms with Gasteiger partial charge in [-0.1, -0.05) is 5.16 Å². The number of nitrogens with zero attached hydrogens (tertiary/aromatic N) is 5. The Labute approximate surface area is 221 Å². The van der Waals surface area contributed by atoms with Crippen LogP contribution in [-0.2, 0) is 35.4 Å². The van der Waals surface area contributed by atoms with Crippen molar-refractivity contribution in [3.63, 3.8) is 0 Å². The third-order valence-corrected chi connectivity index (χ3v) is 7.08. The Morgan fingerprint density at radius 2 is 2.21 bits per heavy atom. The van der Waals surface area contributed by atoms with Gasteiger partial charge in [0.05, 0.1) is 11.7 Å². The molecule has 2 aromatic rings. The molecule has 2 atom stereocenters. The Bertz CT molecular complexity index is 1380. The number of thioether (sulfide) groups is 1. The molecule has 4 heterocycles. The number of carbonyl (C=O) groups excluding carboxylic acids is 4. The quantitative estimate of drug-likeness (QED) is 0.0700. The Morgan fingerprint density at radius 1 is 1.42 bits per heavy atom. The molecule has 18 heteroatoms. The van der Waals surface area contributed by atoms with E-state index in [1.54, 1.807) is 29.1 Å². The van der Waals surface area contributed by atoms with Crippen molar-refractivity contribution >= 4 is 70.0 Å². The van der Waals surface area contributed by atoms with Gasteiger partial charge >= 0.3 is 5.97 Å². The molecule has 0 aromatic carbocycles. The number of β-lactam (4-membered cyclic amide) rings is 1. The van der Waals surface area contributed by atoms with Gasteiger partial charge in [0.1, 0.15) is 17.1 Å². The monoisotopic (exact) mass is 562 g/mol. The molecule has 198 valence electrons. The fourth-order valence-corrected chi connectivity index (χ4v) is 5.43. The Balaban J connectivity index is 1.52. The standard InChI is InChI=1S/C20H18N8O8S2/c21-20-24-15(26-38-20)12(25-36-6-11(30)31)16(32)23-13-17(33)28-14(19(34)35)9(7-37-18(13)28)4-27-3-1-2-10(5-27)22-8-29/h1-3,5,8,13,18H,4,6-7H2,(H5-,21,22,23,24,26,29,30,31,32,34,35)/t13?,18-/m1/s1. The van der Waals surface area contributed by atoms with E-state index in [2.05, 4.69) is 30.0 Å². The van der Waals surface area contributed by atoms with Gasteiger partial charge in [0.15, 0.2) is 24.1 Å². The van der Waals surface area contributed by atoms with E-state index in [1.165, 1.54) is 11.8 Å². The summed E-state index contributed by atoms with van der Waals surface area (Å²) in [4.78, 5) is 68.8. The van der Waals surface area contributed by atoms with Crippen LogP contribution in [0.5, 0.6) is 0 Å². The summed E-state index contributed by atoms with van der Waals surface area (Å²) < 4.78 is 5.50. The molecular formula is C20H18N8O8S2. The molecule has 1 fully saturated rings. The van der Waals surface area contributed by atoms with E-state index in [-0.39, 0.29) is 29.0 Å². The minimum Gasteiger partial charge on any atom is -0.543 e. The summed E-state index contributed by atoms with van der Waals surface area (Å²) in [7, 11) is 0. The van der Waals surface area contributed by atoms with Crippen molar-refractivity contribution in [3.05, 3.63) is 41.6 Å². The Kier molecular flexibility index (Phi) is 7.82. The molecule has 0 bridgehead atoms. The summed E-state index contributed by atoms with van der Waals surface area (Å²) >= 11 is 1.98. The highest BCUT2D eigenvalue weighted by Gasteiger charge is 2.53. The molecule has 16 nitrogen and oxygen atoms in total. The summed E-state index contributed by atoms with van der Waals surface area (Å²) in [6.45, 7) is -0.744. The van der Waals surface area contributed by atoms with Crippen LogP contribution in [0.15, 0.2) is 41.0 Å². The van der Waals surface area contributed by atoms with Crippen molar-refractivity contribution in [3.8, 4) is 0 Å². The van der Waals surface area contributed by atoms with Crippen LogP contribution in [0.3, 0.4) is 0 Å². The van der Waals surface area contributed by atoms with E-state index in [0.29, 0.717) is 17.7 Å². The summed E-state index contributed by atoms with van der Waals surface area (Å²) in [6.07, 6.45) is 3.77. The van der Waals surface area contributed by atoms with E-state index in [9.17, 15) is 29.1 Å². The molecule has 2 aliphatic rings. The van der Waals surface area contributed by atoms with Gasteiger partial charge in [0.25, 0.3) is 11.8 Å². The second-order valence-corrected chi connectivity index (χ2v) is 9.58. The number of oxime groups is 1. The minimum absolute atomic E-state index is 0.00841. The van der Waals surface area contributed by atoms with Crippen LogP contribution < -0.4 is 26.0 Å². The lowest BCUT2D eigenvalue weighted by atomic mass is 10.0. The highest BCUT2D eigenvalue weighted by atomic mass is 32.2. The van der Waals surface area contributed by atoms with Crippen LogP contribution in [0.1, 0.15) is 5.82 Å². The molecule has 0 spiro atoms. The number of anilines is 2. The smallest absolute Gasteiger partial charge is 0.344 e. The zero-order chi connectivity index (χ0) is 27.4. The third kappa shape index (κ3) is 5.54. The van der Waals surface area contributed by atoms with Crippen LogP contribution in [0.2, 0.25) is 0 Å². The third-order valence-electron chi connectivity index (χ3n) is 5.20. The van der Waals surface area contributed by atoms with Gasteiger partial charge in [0.2, 0.25) is 24.6 Å². The number of carboxylic acid groups (broad SMARTS) is 2. The van der Waals surface area contributed by atoms with E-state index in [1.807, 2.05) is 0 Å². The van der Waals surface area contributed by atoms with Crippen LogP contribution in [0.4, 0.5) is 10.8 Å². The second kappa shape index (κ2) is 11.2. The maximum absolute atomic E-state index is 13.0. The summed E-state index contributed by atoms with van der Waals surface area (Å²) in [5.74, 6) is -4.59. The Hall–Kier alpha value is -4.58. The first-order chi connectivity index (χ1) is 18.2. The molecule has 1 unspecified atom stereocenters. The van der Waals surface area contributed by atoms with Crippen molar-refractivity contribution in [1.82, 2.24) is 19.6 Å². The van der Waals surface area contributed by atoms with Gasteiger partial charge < -0.3 is 36.2 Å². The van der Waals surface area contributed by atoms with Crippen LogP contribution in [0.25, 0.3) is 0 Å². The molecule has 2 aromatic heterocycles. The number of amides is 3. The number of aromatic nitrogens is 3. The average Bonchev–Trinajstić information content (AvgIpc) is 3.30. The van der Waals surface area contributed by atoms with Gasteiger partial charge in [-0.05, 0) is 6.07 Å². The fourth-order valence-electron chi connectivity index (χ4n) is 3.66. The number of carbonyl (C=O) groups is 5. The van der Waals surface area contributed by atoms with Crippen molar-refractivity contribution in [1.29, 1.82) is 0 Å². The molecule has 4 rings (SSSR count). The van der Waals surface area contributed by atoms with E-state index in [0.717, 1.165) is 16.4 Å². The lowest BCUT2D eigenvalue weighted by Gasteiger charge is -2.50. The number of aliphatic carboxylic acids is 2. The summed E-state index contributed by atoms with van der Waals surface area (Å²) in [5, 5.41) is 28.4. The van der Waals surface area contributed by atoms with Crippen molar-refractivity contribution in [2.45, 2.75) is 18.0 Å². The molecule has 38 heavy (non-hydrogen) atoms. The Morgan fingerprint density at radius 3 is 2.87 bits per heavy atom. The van der Waals surface area contributed by atoms with Gasteiger partial charge in [-0.25, -0.2) is 4.79 Å². The predicted octanol–water partition coefficient (Wildman–Crippen LogP) is -3.11. The topological polar surface area (TPSA) is 233 Å². The largest absolute Gasteiger partial charge is 0.543 e. The van der Waals surface area contributed by atoms with E-state index >= 15 is 0 Å². The van der Waals surface area contributed by atoms with Crippen LogP contribution in [-0.4, -0.2) is 79.0 Å². The maximum atomic E-state index is 13.0. The zero-order valence-corrected chi connectivity index (χ0v) is 20.7. The summed E-state index contributed by atoms with van der Waals surface area (Å²) in [6, 6.07) is 2.18. The molecule has 3 amide bonds. The lowest BCUT2D eigenvalue weighted by molar-refractivity contribution is -0.688. The zero-order valence-electron chi connectivity index (χ0n) is 19.1. The molecule has 5 N–H and O–H groups in total. The average molecular weight is 563 g/mol. The maximum Gasteiger partial charge on any atom is 0.344 e. The normalized spacial score (nSPS) is 18.8. The number of rotatable bonds is 11. The van der Waals surface area contributed by atoms with Gasteiger partial charge in [-0.15, -0.1) is 11.8 Å². The first kappa shape index (κ1) is 26.5. The first-order valence-electron chi connectivity index (χ1n) is 10.6. The second-order valence-electron chi connectivity index (χ2n) is 7.69. The van der Waals surface area contributed by atoms with Crippen LogP contribution in [0, 0.1) is 0 Å². The molecular weight excluding hydrogens is 544 g/mol. The first-order valence-corrected chi connectivity index (χ1v) is 12.4. The van der Waals surface area contributed by atoms with E-state index in [4.69, 9.17) is 10.8 Å². The van der Waals surface area contributed by atoms with Crippen molar-refractivity contribution < 1.29 is 43.6 Å². The number of nitrogens with one attached hydrogen (secondary N) is 2. The van der Waals surface area contributed by atoms with Crippen LogP contribution >= 0.6 is 23.3 Å². The molecule has 0 saturated carbocycles. The number of nitrogens with two attached hydrogens (primary N) is 1. The predicted molar refractivity (Wildman–Crippen MR) is 128 cm³/mol. The molecule has 0 radical (unpaired) electrons. The SMILES string of the molecule is Nc1nc(C(=NOCC(=O)O)C(=O)NC2C(=O)N3C(C(=O)[O-])=C(C[n+]4cccc(NC=O)c4)CS[C@H]23)ns1.